The summed E-state index contributed by atoms with van der Waals surface area (Å²) in [5, 5.41) is 13.3. The SMILES string of the molecule is OCC1(CNCCCN2CCCCC2)CCCCC1. The molecule has 1 aliphatic heterocycles. The van der Waals surface area contributed by atoms with Gasteiger partial charge in [-0.3, -0.25) is 0 Å². The van der Waals surface area contributed by atoms with E-state index in [2.05, 4.69) is 10.2 Å². The molecule has 0 spiro atoms. The van der Waals surface area contributed by atoms with E-state index in [1.54, 1.807) is 0 Å². The molecule has 0 unspecified atom stereocenters. The van der Waals surface area contributed by atoms with Gasteiger partial charge in [-0.15, -0.1) is 0 Å². The first-order valence-corrected chi connectivity index (χ1v) is 8.39. The quantitative estimate of drug-likeness (QED) is 0.696. The zero-order chi connectivity index (χ0) is 13.4. The first-order chi connectivity index (χ1) is 9.35. The van der Waals surface area contributed by atoms with Crippen molar-refractivity contribution in [2.75, 3.05) is 39.3 Å². The molecule has 1 aliphatic carbocycles. The molecule has 2 fully saturated rings. The van der Waals surface area contributed by atoms with Crippen molar-refractivity contribution in [3.63, 3.8) is 0 Å². The van der Waals surface area contributed by atoms with Crippen LogP contribution in [-0.2, 0) is 0 Å². The summed E-state index contributed by atoms with van der Waals surface area (Å²) >= 11 is 0. The molecule has 19 heavy (non-hydrogen) atoms. The van der Waals surface area contributed by atoms with Gasteiger partial charge in [-0.25, -0.2) is 0 Å². The highest BCUT2D eigenvalue weighted by atomic mass is 16.3. The molecule has 3 heteroatoms. The lowest BCUT2D eigenvalue weighted by Crippen LogP contribution is -2.40. The Morgan fingerprint density at radius 3 is 2.32 bits per heavy atom. The standard InChI is InChI=1S/C16H32N2O/c19-15-16(8-3-1-4-9-16)14-17-10-7-13-18-11-5-2-6-12-18/h17,19H,1-15H2. The Hall–Kier alpha value is -0.120. The van der Waals surface area contributed by atoms with Crippen molar-refractivity contribution < 1.29 is 5.11 Å². The molecule has 0 radical (unpaired) electrons. The zero-order valence-corrected chi connectivity index (χ0v) is 12.5. The molecule has 1 saturated carbocycles. The van der Waals surface area contributed by atoms with Crippen LogP contribution in [0.1, 0.15) is 57.8 Å². The summed E-state index contributed by atoms with van der Waals surface area (Å²) in [5.74, 6) is 0. The van der Waals surface area contributed by atoms with Crippen LogP contribution in [0.5, 0.6) is 0 Å². The van der Waals surface area contributed by atoms with Gasteiger partial charge in [0.2, 0.25) is 0 Å². The van der Waals surface area contributed by atoms with Crippen molar-refractivity contribution in [3.05, 3.63) is 0 Å². The number of aliphatic hydroxyl groups is 1. The monoisotopic (exact) mass is 268 g/mol. The van der Waals surface area contributed by atoms with Gasteiger partial charge in [-0.1, -0.05) is 25.7 Å². The Bertz CT molecular complexity index is 233. The summed E-state index contributed by atoms with van der Waals surface area (Å²) < 4.78 is 0. The van der Waals surface area contributed by atoms with Crippen LogP contribution in [0.2, 0.25) is 0 Å². The van der Waals surface area contributed by atoms with Crippen LogP contribution < -0.4 is 5.32 Å². The second-order valence-electron chi connectivity index (χ2n) is 6.65. The molecule has 112 valence electrons. The largest absolute Gasteiger partial charge is 0.396 e. The lowest BCUT2D eigenvalue weighted by Gasteiger charge is -2.36. The van der Waals surface area contributed by atoms with Crippen LogP contribution in [-0.4, -0.2) is 49.3 Å². The van der Waals surface area contributed by atoms with Crippen molar-refractivity contribution in [1.82, 2.24) is 10.2 Å². The third-order valence-corrected chi connectivity index (χ3v) is 5.03. The minimum atomic E-state index is 0.198. The van der Waals surface area contributed by atoms with Crippen molar-refractivity contribution in [3.8, 4) is 0 Å². The molecule has 1 heterocycles. The van der Waals surface area contributed by atoms with Gasteiger partial charge in [-0.2, -0.15) is 0 Å². The van der Waals surface area contributed by atoms with Crippen LogP contribution in [0.4, 0.5) is 0 Å². The third kappa shape index (κ3) is 5.05. The molecule has 1 saturated heterocycles. The summed E-state index contributed by atoms with van der Waals surface area (Å²) in [5.41, 5.74) is 0.198. The Morgan fingerprint density at radius 2 is 1.63 bits per heavy atom. The Balaban J connectivity index is 1.55. The number of hydrogen-bond acceptors (Lipinski definition) is 3. The molecule has 0 aromatic rings. The molecule has 0 amide bonds. The number of likely N-dealkylation sites (tertiary alicyclic amines) is 1. The first kappa shape index (κ1) is 15.3. The van der Waals surface area contributed by atoms with Gasteiger partial charge in [-0.05, 0) is 58.3 Å². The molecule has 0 bridgehead atoms. The van der Waals surface area contributed by atoms with Gasteiger partial charge in [0.15, 0.2) is 0 Å². The van der Waals surface area contributed by atoms with Crippen LogP contribution >= 0.6 is 0 Å². The molecular weight excluding hydrogens is 236 g/mol. The number of nitrogens with zero attached hydrogens (tertiary/aromatic N) is 1. The van der Waals surface area contributed by atoms with Crippen LogP contribution in [0.3, 0.4) is 0 Å². The minimum absolute atomic E-state index is 0.198. The van der Waals surface area contributed by atoms with E-state index in [9.17, 15) is 5.11 Å². The maximum Gasteiger partial charge on any atom is 0.0499 e. The van der Waals surface area contributed by atoms with Gasteiger partial charge in [0.1, 0.15) is 0 Å². The summed E-state index contributed by atoms with van der Waals surface area (Å²) in [7, 11) is 0. The average molecular weight is 268 g/mol. The predicted molar refractivity (Wildman–Crippen MR) is 80.4 cm³/mol. The van der Waals surface area contributed by atoms with E-state index in [0.29, 0.717) is 6.61 Å². The zero-order valence-electron chi connectivity index (χ0n) is 12.5. The number of nitrogens with one attached hydrogen (secondary N) is 1. The van der Waals surface area contributed by atoms with E-state index in [0.717, 1.165) is 13.1 Å². The Kier molecular flexibility index (Phi) is 6.62. The summed E-state index contributed by atoms with van der Waals surface area (Å²) in [4.78, 5) is 2.60. The molecule has 0 aromatic carbocycles. The highest BCUT2D eigenvalue weighted by molar-refractivity contribution is 4.84. The van der Waals surface area contributed by atoms with E-state index in [1.165, 1.54) is 77.4 Å². The summed E-state index contributed by atoms with van der Waals surface area (Å²) in [6.07, 6.45) is 11.8. The second-order valence-corrected chi connectivity index (χ2v) is 6.65. The number of aliphatic hydroxyl groups excluding tert-OH is 1. The van der Waals surface area contributed by atoms with E-state index >= 15 is 0 Å². The maximum absolute atomic E-state index is 9.65. The molecular formula is C16H32N2O. The van der Waals surface area contributed by atoms with Crippen LogP contribution in [0.15, 0.2) is 0 Å². The molecule has 2 N–H and O–H groups in total. The summed E-state index contributed by atoms with van der Waals surface area (Å²) in [6.45, 7) is 6.36. The molecule has 2 aliphatic rings. The van der Waals surface area contributed by atoms with E-state index < -0.39 is 0 Å². The minimum Gasteiger partial charge on any atom is -0.396 e. The highest BCUT2D eigenvalue weighted by Gasteiger charge is 2.30. The average Bonchev–Trinajstić information content (AvgIpc) is 2.49. The number of hydrogen-bond donors (Lipinski definition) is 2. The normalized spacial score (nSPS) is 24.5. The van der Waals surface area contributed by atoms with Crippen LogP contribution in [0, 0.1) is 5.41 Å². The summed E-state index contributed by atoms with van der Waals surface area (Å²) in [6, 6.07) is 0. The fourth-order valence-electron chi connectivity index (χ4n) is 3.66. The van der Waals surface area contributed by atoms with Gasteiger partial charge in [0.25, 0.3) is 0 Å². The van der Waals surface area contributed by atoms with Crippen molar-refractivity contribution >= 4 is 0 Å². The molecule has 0 atom stereocenters. The van der Waals surface area contributed by atoms with E-state index in [-0.39, 0.29) is 5.41 Å². The fourth-order valence-corrected chi connectivity index (χ4v) is 3.66. The molecule has 2 rings (SSSR count). The van der Waals surface area contributed by atoms with Gasteiger partial charge < -0.3 is 15.3 Å². The Morgan fingerprint density at radius 1 is 0.947 bits per heavy atom. The number of piperidine rings is 1. The first-order valence-electron chi connectivity index (χ1n) is 8.39. The smallest absolute Gasteiger partial charge is 0.0499 e. The van der Waals surface area contributed by atoms with E-state index in [4.69, 9.17) is 0 Å². The lowest BCUT2D eigenvalue weighted by molar-refractivity contribution is 0.0811. The van der Waals surface area contributed by atoms with Gasteiger partial charge in [0.05, 0.1) is 0 Å². The van der Waals surface area contributed by atoms with Crippen molar-refractivity contribution in [1.29, 1.82) is 0 Å². The molecule has 3 nitrogen and oxygen atoms in total. The third-order valence-electron chi connectivity index (χ3n) is 5.03. The van der Waals surface area contributed by atoms with Crippen molar-refractivity contribution in [2.24, 2.45) is 5.41 Å². The van der Waals surface area contributed by atoms with Crippen LogP contribution in [0.25, 0.3) is 0 Å². The van der Waals surface area contributed by atoms with E-state index in [1.807, 2.05) is 0 Å². The second kappa shape index (κ2) is 8.23. The lowest BCUT2D eigenvalue weighted by atomic mass is 9.74. The maximum atomic E-state index is 9.65. The van der Waals surface area contributed by atoms with Gasteiger partial charge in [0, 0.05) is 18.6 Å². The number of rotatable bonds is 7. The highest BCUT2D eigenvalue weighted by Crippen LogP contribution is 2.35. The topological polar surface area (TPSA) is 35.5 Å². The Labute approximate surface area is 118 Å². The molecule has 0 aromatic heterocycles. The predicted octanol–water partition coefficient (Wildman–Crippen LogP) is 2.39. The van der Waals surface area contributed by atoms with Crippen molar-refractivity contribution in [2.45, 2.75) is 57.8 Å². The van der Waals surface area contributed by atoms with Gasteiger partial charge >= 0.3 is 0 Å². The fraction of sp³-hybridized carbons (Fsp3) is 1.00.